The normalized spacial score (nSPS) is 15.6. The van der Waals surface area contributed by atoms with E-state index in [2.05, 4.69) is 0 Å². The smallest absolute Gasteiger partial charge is 0.303 e. The number of nitrogens with zero attached hydrogens (tertiary/aromatic N) is 1. The van der Waals surface area contributed by atoms with E-state index < -0.39 is 5.97 Å². The first kappa shape index (κ1) is 20.7. The van der Waals surface area contributed by atoms with Gasteiger partial charge in [0.2, 0.25) is 0 Å². The number of carboxylic acid groups (broad SMARTS) is 1. The number of unbranched alkanes of at least 4 members (excludes halogenated alkanes) is 2. The molecule has 1 aromatic heterocycles. The molecule has 0 aliphatic carbocycles. The molecular weight excluding hydrogens is 417 g/mol. The number of carbonyl (C=O) groups excluding carboxylic acids is 1. The summed E-state index contributed by atoms with van der Waals surface area (Å²) < 4.78 is 14.5. The van der Waals surface area contributed by atoms with Crippen LogP contribution in [0.15, 0.2) is 41.3 Å². The molecule has 146 valence electrons. The Morgan fingerprint density at radius 3 is 2.71 bits per heavy atom. The molecule has 1 aliphatic heterocycles. The highest BCUT2D eigenvalue weighted by Crippen LogP contribution is 2.36. The lowest BCUT2D eigenvalue weighted by molar-refractivity contribution is -0.137. The summed E-state index contributed by atoms with van der Waals surface area (Å²) in [5, 5.41) is 8.66. The van der Waals surface area contributed by atoms with Crippen molar-refractivity contribution in [2.45, 2.75) is 25.7 Å². The number of amides is 1. The number of halogens is 1. The van der Waals surface area contributed by atoms with Gasteiger partial charge >= 0.3 is 5.97 Å². The van der Waals surface area contributed by atoms with Crippen LogP contribution in [0.3, 0.4) is 0 Å². The van der Waals surface area contributed by atoms with Gasteiger partial charge in [-0.1, -0.05) is 48.6 Å². The Bertz CT molecular complexity index is 938. The number of rotatable bonds is 8. The number of aliphatic carboxylic acids is 1. The molecule has 1 amide bonds. The predicted molar refractivity (Wildman–Crippen MR) is 116 cm³/mol. The van der Waals surface area contributed by atoms with Crippen LogP contribution in [0.2, 0.25) is 0 Å². The summed E-state index contributed by atoms with van der Waals surface area (Å²) in [6.07, 6.45) is 3.97. The molecule has 0 atom stereocenters. The summed E-state index contributed by atoms with van der Waals surface area (Å²) in [6, 6.07) is 10.3. The lowest BCUT2D eigenvalue weighted by Crippen LogP contribution is -2.29. The SMILES string of the molecule is O=C(O)CCCCCN1C(=O)/C(=C\c2ccc(-c3ccccc3F)s2)SC1=S. The first-order chi connectivity index (χ1) is 13.5. The molecule has 8 heteroatoms. The van der Waals surface area contributed by atoms with Crippen molar-refractivity contribution < 1.29 is 19.1 Å². The highest BCUT2D eigenvalue weighted by molar-refractivity contribution is 8.26. The van der Waals surface area contributed by atoms with Gasteiger partial charge in [0.15, 0.2) is 0 Å². The zero-order valence-corrected chi connectivity index (χ0v) is 17.3. The zero-order valence-electron chi connectivity index (χ0n) is 14.9. The molecule has 1 N–H and O–H groups in total. The van der Waals surface area contributed by atoms with E-state index in [0.29, 0.717) is 34.2 Å². The van der Waals surface area contributed by atoms with Crippen LogP contribution in [0.4, 0.5) is 4.39 Å². The third kappa shape index (κ3) is 5.06. The third-order valence-corrected chi connectivity index (χ3v) is 6.63. The predicted octanol–water partition coefficient (Wildman–Crippen LogP) is 5.40. The lowest BCUT2D eigenvalue weighted by Gasteiger charge is -2.13. The molecule has 4 nitrogen and oxygen atoms in total. The van der Waals surface area contributed by atoms with Crippen LogP contribution < -0.4 is 0 Å². The van der Waals surface area contributed by atoms with E-state index in [4.69, 9.17) is 17.3 Å². The highest BCUT2D eigenvalue weighted by Gasteiger charge is 2.31. The maximum atomic E-state index is 13.9. The molecule has 3 rings (SSSR count). The molecule has 0 unspecified atom stereocenters. The maximum absolute atomic E-state index is 13.9. The Balaban J connectivity index is 1.64. The number of thiocarbonyl (C=S) groups is 1. The summed E-state index contributed by atoms with van der Waals surface area (Å²) in [4.78, 5) is 26.9. The minimum Gasteiger partial charge on any atom is -0.481 e. The van der Waals surface area contributed by atoms with Crippen molar-refractivity contribution in [1.82, 2.24) is 4.90 Å². The molecule has 1 saturated heterocycles. The zero-order chi connectivity index (χ0) is 20.1. The Morgan fingerprint density at radius 2 is 1.96 bits per heavy atom. The lowest BCUT2D eigenvalue weighted by atomic mass is 10.2. The number of carboxylic acids is 1. The van der Waals surface area contributed by atoms with Crippen LogP contribution in [-0.4, -0.2) is 32.7 Å². The number of hydrogen-bond acceptors (Lipinski definition) is 5. The minimum absolute atomic E-state index is 0.130. The van der Waals surface area contributed by atoms with Crippen molar-refractivity contribution in [3.63, 3.8) is 0 Å². The standard InChI is InChI=1S/C20H18FNO3S3/c21-15-7-4-3-6-14(15)16-10-9-13(27-16)12-17-19(25)22(20(26)28-17)11-5-1-2-8-18(23)24/h3-4,6-7,9-10,12H,1-2,5,8,11H2,(H,23,24)/b17-12+. The van der Waals surface area contributed by atoms with Gasteiger partial charge in [-0.3, -0.25) is 14.5 Å². The Kier molecular flexibility index (Phi) is 6.98. The Labute approximate surface area is 176 Å². The number of hydrogen-bond donors (Lipinski definition) is 1. The van der Waals surface area contributed by atoms with Gasteiger partial charge in [-0.15, -0.1) is 11.3 Å². The van der Waals surface area contributed by atoms with Crippen LogP contribution in [0.5, 0.6) is 0 Å². The van der Waals surface area contributed by atoms with Crippen molar-refractivity contribution in [2.24, 2.45) is 0 Å². The fraction of sp³-hybridized carbons (Fsp3) is 0.250. The van der Waals surface area contributed by atoms with Gasteiger partial charge < -0.3 is 5.11 Å². The quantitative estimate of drug-likeness (QED) is 0.342. The van der Waals surface area contributed by atoms with Gasteiger partial charge in [-0.05, 0) is 37.1 Å². The van der Waals surface area contributed by atoms with E-state index in [1.807, 2.05) is 12.1 Å². The summed E-state index contributed by atoms with van der Waals surface area (Å²) in [5.74, 6) is -1.21. The molecule has 0 spiro atoms. The highest BCUT2D eigenvalue weighted by atomic mass is 32.2. The largest absolute Gasteiger partial charge is 0.481 e. The molecule has 1 aliphatic rings. The minimum atomic E-state index is -0.806. The summed E-state index contributed by atoms with van der Waals surface area (Å²) in [7, 11) is 0. The number of carbonyl (C=O) groups is 2. The first-order valence-corrected chi connectivity index (χ1v) is 10.8. The van der Waals surface area contributed by atoms with Crippen molar-refractivity contribution in [2.75, 3.05) is 6.54 Å². The molecule has 1 fully saturated rings. The summed E-state index contributed by atoms with van der Waals surface area (Å²) >= 11 is 8.00. The Morgan fingerprint density at radius 1 is 1.18 bits per heavy atom. The van der Waals surface area contributed by atoms with Gasteiger partial charge in [0.25, 0.3) is 5.91 Å². The van der Waals surface area contributed by atoms with Crippen LogP contribution in [0, 0.1) is 5.82 Å². The van der Waals surface area contributed by atoms with Gasteiger partial charge in [-0.2, -0.15) is 0 Å². The van der Waals surface area contributed by atoms with Gasteiger partial charge in [-0.25, -0.2) is 4.39 Å². The third-order valence-electron chi connectivity index (χ3n) is 4.19. The summed E-state index contributed by atoms with van der Waals surface area (Å²) in [6.45, 7) is 0.493. The molecule has 0 bridgehead atoms. The number of thiophene rings is 1. The van der Waals surface area contributed by atoms with E-state index in [0.717, 1.165) is 16.2 Å². The van der Waals surface area contributed by atoms with E-state index in [1.165, 1.54) is 29.2 Å². The van der Waals surface area contributed by atoms with E-state index in [1.54, 1.807) is 29.2 Å². The fourth-order valence-electron chi connectivity index (χ4n) is 2.78. The van der Waals surface area contributed by atoms with Crippen LogP contribution in [0.25, 0.3) is 16.5 Å². The second-order valence-electron chi connectivity index (χ2n) is 6.22. The van der Waals surface area contributed by atoms with Gasteiger partial charge in [0, 0.05) is 28.3 Å². The second-order valence-corrected chi connectivity index (χ2v) is 9.01. The van der Waals surface area contributed by atoms with Crippen molar-refractivity contribution in [3.8, 4) is 10.4 Å². The van der Waals surface area contributed by atoms with E-state index >= 15 is 0 Å². The van der Waals surface area contributed by atoms with E-state index in [9.17, 15) is 14.0 Å². The van der Waals surface area contributed by atoms with Crippen LogP contribution in [0.1, 0.15) is 30.6 Å². The first-order valence-electron chi connectivity index (χ1n) is 8.77. The van der Waals surface area contributed by atoms with E-state index in [-0.39, 0.29) is 18.1 Å². The van der Waals surface area contributed by atoms with Gasteiger partial charge in [0.05, 0.1) is 4.91 Å². The average molecular weight is 436 g/mol. The van der Waals surface area contributed by atoms with Crippen molar-refractivity contribution in [1.29, 1.82) is 0 Å². The molecule has 2 aromatic rings. The van der Waals surface area contributed by atoms with Crippen LogP contribution >= 0.6 is 35.3 Å². The Hall–Kier alpha value is -2.03. The van der Waals surface area contributed by atoms with Crippen molar-refractivity contribution in [3.05, 3.63) is 52.0 Å². The molecule has 0 radical (unpaired) electrons. The number of thioether (sulfide) groups is 1. The molecule has 28 heavy (non-hydrogen) atoms. The molecule has 0 saturated carbocycles. The fourth-order valence-corrected chi connectivity index (χ4v) is 5.13. The topological polar surface area (TPSA) is 57.6 Å². The second kappa shape index (κ2) is 9.45. The maximum Gasteiger partial charge on any atom is 0.303 e. The molecular formula is C20H18FNO3S3. The average Bonchev–Trinajstić information content (AvgIpc) is 3.21. The van der Waals surface area contributed by atoms with Crippen LogP contribution in [-0.2, 0) is 9.59 Å². The summed E-state index contributed by atoms with van der Waals surface area (Å²) in [5.41, 5.74) is 0.543. The monoisotopic (exact) mass is 435 g/mol. The van der Waals surface area contributed by atoms with Crippen molar-refractivity contribution >= 4 is 57.6 Å². The molecule has 2 heterocycles. The molecule has 1 aromatic carbocycles. The van der Waals surface area contributed by atoms with Gasteiger partial charge in [0.1, 0.15) is 10.1 Å². The number of benzene rings is 1.